The Morgan fingerprint density at radius 2 is 0.889 bits per heavy atom. The second-order valence-electron chi connectivity index (χ2n) is 6.02. The van der Waals surface area contributed by atoms with E-state index in [1.54, 1.807) is 0 Å². The standard InChI is InChI=1S/C20H14N4.BH2O2/c1-2-14-10-16-5-6-18(23-16)12-20-8-7-19(24-20)11-17-4-3-15(22-17)9-13(1)21-14;2-1-3/h1-12,21-22H;2-3H. The van der Waals surface area contributed by atoms with Gasteiger partial charge in [0.1, 0.15) is 0 Å². The lowest BCUT2D eigenvalue weighted by molar-refractivity contribution is 0.448. The van der Waals surface area contributed by atoms with E-state index in [-0.39, 0.29) is 7.69 Å². The lowest BCUT2D eigenvalue weighted by atomic mass is 10.3. The Morgan fingerprint density at radius 1 is 0.556 bits per heavy atom. The van der Waals surface area contributed by atoms with Crippen molar-refractivity contribution in [3.63, 3.8) is 0 Å². The van der Waals surface area contributed by atoms with Crippen LogP contribution in [0, 0.1) is 0 Å². The van der Waals surface area contributed by atoms with E-state index in [0.717, 1.165) is 44.8 Å². The first-order chi connectivity index (χ1) is 13.2. The van der Waals surface area contributed by atoms with Gasteiger partial charge in [0.2, 0.25) is 0 Å². The van der Waals surface area contributed by atoms with Gasteiger partial charge in [-0.15, -0.1) is 0 Å². The van der Waals surface area contributed by atoms with E-state index in [1.165, 1.54) is 0 Å². The van der Waals surface area contributed by atoms with E-state index < -0.39 is 0 Å². The molecule has 3 aromatic heterocycles. The van der Waals surface area contributed by atoms with Crippen LogP contribution in [0.3, 0.4) is 0 Å². The third-order valence-electron chi connectivity index (χ3n) is 4.04. The minimum atomic E-state index is 0. The van der Waals surface area contributed by atoms with Crippen molar-refractivity contribution in [2.45, 2.75) is 0 Å². The Morgan fingerprint density at radius 3 is 1.30 bits per heavy atom. The fourth-order valence-corrected chi connectivity index (χ4v) is 2.94. The first-order valence-corrected chi connectivity index (χ1v) is 8.36. The molecule has 5 heterocycles. The van der Waals surface area contributed by atoms with Crippen molar-refractivity contribution in [2.75, 3.05) is 0 Å². The van der Waals surface area contributed by atoms with Crippen LogP contribution in [0.2, 0.25) is 0 Å². The van der Waals surface area contributed by atoms with E-state index in [9.17, 15) is 0 Å². The number of aromatic nitrogens is 4. The van der Waals surface area contributed by atoms with Gasteiger partial charge in [0.15, 0.2) is 0 Å². The number of hydrogen-bond donors (Lipinski definition) is 4. The van der Waals surface area contributed by atoms with Gasteiger partial charge in [-0.25, -0.2) is 9.97 Å². The summed E-state index contributed by atoms with van der Waals surface area (Å²) in [6.45, 7) is 0. The third kappa shape index (κ3) is 4.05. The average Bonchev–Trinajstić information content (AvgIpc) is 3.41. The number of hydrogen-bond acceptors (Lipinski definition) is 4. The summed E-state index contributed by atoms with van der Waals surface area (Å²) in [5, 5.41) is 14.0. The Balaban J connectivity index is 0.000000565. The largest absolute Gasteiger partial charge is 0.482 e. The molecule has 4 N–H and O–H groups in total. The summed E-state index contributed by atoms with van der Waals surface area (Å²) in [6, 6.07) is 16.4. The van der Waals surface area contributed by atoms with Crippen molar-refractivity contribution in [1.82, 2.24) is 19.9 Å². The van der Waals surface area contributed by atoms with Gasteiger partial charge >= 0.3 is 7.69 Å². The second kappa shape index (κ2) is 7.45. The van der Waals surface area contributed by atoms with Gasteiger partial charge in [0.05, 0.1) is 22.8 Å². The molecule has 0 atom stereocenters. The zero-order valence-corrected chi connectivity index (χ0v) is 14.3. The predicted octanol–water partition coefficient (Wildman–Crippen LogP) is 3.16. The lowest BCUT2D eigenvalue weighted by Crippen LogP contribution is -1.77. The van der Waals surface area contributed by atoms with Crippen LogP contribution < -0.4 is 0 Å². The molecular weight excluding hydrogens is 339 g/mol. The Hall–Kier alpha value is -3.42. The van der Waals surface area contributed by atoms with E-state index in [4.69, 9.17) is 10.0 Å². The quantitative estimate of drug-likeness (QED) is 0.321. The minimum absolute atomic E-state index is 0. The van der Waals surface area contributed by atoms with Gasteiger partial charge < -0.3 is 20.0 Å². The molecule has 0 aromatic carbocycles. The summed E-state index contributed by atoms with van der Waals surface area (Å²) in [7, 11) is 0. The highest BCUT2D eigenvalue weighted by atomic mass is 16.4. The van der Waals surface area contributed by atoms with Crippen molar-refractivity contribution in [3.8, 4) is 0 Å². The van der Waals surface area contributed by atoms with Crippen molar-refractivity contribution in [3.05, 3.63) is 71.3 Å². The number of H-pyrrole nitrogens is 2. The number of rotatable bonds is 0. The molecule has 6 nitrogen and oxygen atoms in total. The highest BCUT2D eigenvalue weighted by Crippen LogP contribution is 2.17. The van der Waals surface area contributed by atoms with Gasteiger partial charge in [-0.05, 0) is 72.8 Å². The van der Waals surface area contributed by atoms with Crippen LogP contribution in [-0.2, 0) is 0 Å². The Bertz CT molecular complexity index is 1100. The molecule has 27 heavy (non-hydrogen) atoms. The average molecular weight is 355 g/mol. The maximum atomic E-state index is 7.00. The summed E-state index contributed by atoms with van der Waals surface area (Å²) in [4.78, 5) is 16.0. The SMILES string of the molecule is C1=Cc2cc3ccc(cc4ccc(cc5nc(cc1n2)C=C5)[nH]4)[nH]3.O[B]O. The molecule has 0 saturated heterocycles. The monoisotopic (exact) mass is 355 g/mol. The lowest BCUT2D eigenvalue weighted by Gasteiger charge is -1.86. The van der Waals surface area contributed by atoms with E-state index in [0.29, 0.717) is 0 Å². The zero-order chi connectivity index (χ0) is 18.6. The van der Waals surface area contributed by atoms with Gasteiger partial charge in [-0.2, -0.15) is 0 Å². The molecular formula is C20H16BN4O2. The summed E-state index contributed by atoms with van der Waals surface area (Å²) < 4.78 is 0. The topological polar surface area (TPSA) is 97.8 Å². The molecule has 7 heteroatoms. The summed E-state index contributed by atoms with van der Waals surface area (Å²) in [6.07, 6.45) is 8.05. The van der Waals surface area contributed by atoms with Crippen LogP contribution in [-0.4, -0.2) is 37.7 Å². The molecule has 1 radical (unpaired) electrons. The molecule has 0 spiro atoms. The van der Waals surface area contributed by atoms with Crippen LogP contribution in [0.15, 0.2) is 48.5 Å². The van der Waals surface area contributed by atoms with Crippen molar-refractivity contribution in [2.24, 2.45) is 0 Å². The van der Waals surface area contributed by atoms with Crippen LogP contribution >= 0.6 is 0 Å². The molecule has 0 saturated carbocycles. The van der Waals surface area contributed by atoms with E-state index in [2.05, 4.69) is 50.3 Å². The first-order valence-electron chi connectivity index (χ1n) is 8.36. The number of nitrogens with one attached hydrogen (secondary N) is 2. The number of aromatic amines is 2. The summed E-state index contributed by atoms with van der Waals surface area (Å²) >= 11 is 0. The first kappa shape index (κ1) is 17.0. The van der Waals surface area contributed by atoms with Gasteiger partial charge in [-0.1, -0.05) is 0 Å². The molecule has 0 aliphatic carbocycles. The molecule has 131 valence electrons. The molecule has 0 amide bonds. The van der Waals surface area contributed by atoms with Gasteiger partial charge in [0.25, 0.3) is 0 Å². The van der Waals surface area contributed by atoms with Crippen LogP contribution in [0.1, 0.15) is 22.8 Å². The molecule has 0 unspecified atom stereocenters. The maximum Gasteiger partial charge on any atom is 0.482 e. The minimum Gasteiger partial charge on any atom is -0.429 e. The van der Waals surface area contributed by atoms with Crippen LogP contribution in [0.5, 0.6) is 0 Å². The summed E-state index contributed by atoms with van der Waals surface area (Å²) in [5.74, 6) is 0. The van der Waals surface area contributed by atoms with Crippen LogP contribution in [0.4, 0.5) is 0 Å². The fraction of sp³-hybridized carbons (Fsp3) is 0. The number of fused-ring (bicyclic) bond motifs is 8. The molecule has 2 aliphatic rings. The normalized spacial score (nSPS) is 11.8. The van der Waals surface area contributed by atoms with E-state index >= 15 is 0 Å². The van der Waals surface area contributed by atoms with Crippen LogP contribution in [0.25, 0.3) is 46.4 Å². The molecule has 8 bridgehead atoms. The zero-order valence-electron chi connectivity index (χ0n) is 14.3. The van der Waals surface area contributed by atoms with Crippen molar-refractivity contribution < 1.29 is 10.0 Å². The highest BCUT2D eigenvalue weighted by Gasteiger charge is 2.02. The fourth-order valence-electron chi connectivity index (χ4n) is 2.94. The van der Waals surface area contributed by atoms with Gasteiger partial charge in [0, 0.05) is 22.1 Å². The third-order valence-corrected chi connectivity index (χ3v) is 4.04. The second-order valence-corrected chi connectivity index (χ2v) is 6.02. The molecule has 3 aromatic rings. The van der Waals surface area contributed by atoms with Crippen molar-refractivity contribution in [1.29, 1.82) is 0 Å². The Labute approximate surface area is 155 Å². The summed E-state index contributed by atoms with van der Waals surface area (Å²) in [5.41, 5.74) is 7.86. The number of nitrogens with zero attached hydrogens (tertiary/aromatic N) is 2. The molecule has 0 fully saturated rings. The smallest absolute Gasteiger partial charge is 0.429 e. The predicted molar refractivity (Wildman–Crippen MR) is 109 cm³/mol. The maximum absolute atomic E-state index is 7.00. The Kier molecular flexibility index (Phi) is 4.70. The highest BCUT2D eigenvalue weighted by molar-refractivity contribution is 6.13. The van der Waals surface area contributed by atoms with Gasteiger partial charge in [-0.3, -0.25) is 0 Å². The van der Waals surface area contributed by atoms with Crippen molar-refractivity contribution >= 4 is 54.1 Å². The molecule has 5 rings (SSSR count). The molecule has 2 aliphatic heterocycles. The van der Waals surface area contributed by atoms with E-state index in [1.807, 2.05) is 42.5 Å².